The molecule has 2 aromatic carbocycles. The maximum absolute atomic E-state index is 12.3. The largest absolute Gasteiger partial charge is 0.481 e. The molecular formula is C21H21N3O5. The number of hydrogen-bond acceptors (Lipinski definition) is 5. The molecule has 4 amide bonds. The van der Waals surface area contributed by atoms with Crippen LogP contribution in [0.4, 0.5) is 0 Å². The monoisotopic (exact) mass is 395 g/mol. The number of carbonyl (C=O) groups excluding carboxylic acids is 4. The number of aryl methyl sites for hydroxylation is 1. The lowest BCUT2D eigenvalue weighted by atomic mass is 10.1. The van der Waals surface area contributed by atoms with Crippen molar-refractivity contribution in [3.8, 4) is 5.75 Å². The Labute approximate surface area is 167 Å². The van der Waals surface area contributed by atoms with Gasteiger partial charge in [-0.2, -0.15) is 0 Å². The standard InChI is InChI=1S/C21H21N3O5/c1-12-7-6-10-17(13(12)2)29-14(3)19(26)23-22-18(25)11-24-20(27)15-8-4-5-9-16(15)21(24)28/h4-10,14H,11H2,1-3H3,(H,22,25)(H,23,26)/t14-/m0/s1. The summed E-state index contributed by atoms with van der Waals surface area (Å²) in [5.74, 6) is -1.78. The molecule has 1 atom stereocenters. The molecule has 1 aliphatic heterocycles. The first-order valence-corrected chi connectivity index (χ1v) is 9.06. The molecule has 0 aliphatic carbocycles. The van der Waals surface area contributed by atoms with Crippen LogP contribution >= 0.6 is 0 Å². The molecule has 0 spiro atoms. The van der Waals surface area contributed by atoms with Crippen LogP contribution in [-0.2, 0) is 9.59 Å². The Bertz CT molecular complexity index is 967. The minimum Gasteiger partial charge on any atom is -0.481 e. The molecule has 0 saturated heterocycles. The maximum atomic E-state index is 12.3. The number of hydrazine groups is 1. The molecule has 0 radical (unpaired) electrons. The first-order chi connectivity index (χ1) is 13.8. The molecule has 0 unspecified atom stereocenters. The van der Waals surface area contributed by atoms with E-state index in [9.17, 15) is 19.2 Å². The van der Waals surface area contributed by atoms with E-state index in [0.717, 1.165) is 16.0 Å². The van der Waals surface area contributed by atoms with Crippen molar-refractivity contribution in [1.82, 2.24) is 15.8 Å². The third-order valence-corrected chi connectivity index (χ3v) is 4.73. The van der Waals surface area contributed by atoms with Crippen molar-refractivity contribution in [2.75, 3.05) is 6.54 Å². The van der Waals surface area contributed by atoms with Gasteiger partial charge in [0.2, 0.25) is 0 Å². The summed E-state index contributed by atoms with van der Waals surface area (Å²) in [5, 5.41) is 0. The van der Waals surface area contributed by atoms with Gasteiger partial charge in [-0.3, -0.25) is 34.9 Å². The minimum atomic E-state index is -0.866. The SMILES string of the molecule is Cc1cccc(O[C@@H](C)C(=O)NNC(=O)CN2C(=O)c3ccccc3C2=O)c1C. The third kappa shape index (κ3) is 4.11. The zero-order valence-electron chi connectivity index (χ0n) is 16.3. The molecule has 29 heavy (non-hydrogen) atoms. The van der Waals surface area contributed by atoms with E-state index in [0.29, 0.717) is 5.75 Å². The van der Waals surface area contributed by atoms with Crippen LogP contribution in [-0.4, -0.2) is 41.2 Å². The second kappa shape index (κ2) is 8.14. The van der Waals surface area contributed by atoms with Crippen LogP contribution in [0.15, 0.2) is 42.5 Å². The summed E-state index contributed by atoms with van der Waals surface area (Å²) in [6, 6.07) is 11.9. The first kappa shape index (κ1) is 20.1. The predicted molar refractivity (Wildman–Crippen MR) is 104 cm³/mol. The molecule has 3 rings (SSSR count). The lowest BCUT2D eigenvalue weighted by molar-refractivity contribution is -0.132. The second-order valence-corrected chi connectivity index (χ2v) is 6.74. The van der Waals surface area contributed by atoms with E-state index in [4.69, 9.17) is 4.74 Å². The van der Waals surface area contributed by atoms with Crippen molar-refractivity contribution in [2.24, 2.45) is 0 Å². The van der Waals surface area contributed by atoms with Crippen molar-refractivity contribution in [3.05, 3.63) is 64.7 Å². The summed E-state index contributed by atoms with van der Waals surface area (Å²) in [6.07, 6.45) is -0.866. The van der Waals surface area contributed by atoms with Crippen LogP contribution in [0, 0.1) is 13.8 Å². The number of benzene rings is 2. The maximum Gasteiger partial charge on any atom is 0.279 e. The summed E-state index contributed by atoms with van der Waals surface area (Å²) in [7, 11) is 0. The fourth-order valence-corrected chi connectivity index (χ4v) is 2.89. The number of nitrogens with one attached hydrogen (secondary N) is 2. The second-order valence-electron chi connectivity index (χ2n) is 6.74. The van der Waals surface area contributed by atoms with Gasteiger partial charge in [0.05, 0.1) is 11.1 Å². The van der Waals surface area contributed by atoms with E-state index in [2.05, 4.69) is 10.9 Å². The molecule has 8 heteroatoms. The number of ether oxygens (including phenoxy) is 1. The Kier molecular flexibility index (Phi) is 5.63. The quantitative estimate of drug-likeness (QED) is 0.590. The lowest BCUT2D eigenvalue weighted by Crippen LogP contribution is -2.50. The lowest BCUT2D eigenvalue weighted by Gasteiger charge is -2.18. The van der Waals surface area contributed by atoms with Crippen molar-refractivity contribution >= 4 is 23.6 Å². The smallest absolute Gasteiger partial charge is 0.279 e. The molecule has 1 heterocycles. The van der Waals surface area contributed by atoms with E-state index in [1.807, 2.05) is 26.0 Å². The summed E-state index contributed by atoms with van der Waals surface area (Å²) < 4.78 is 5.65. The Balaban J connectivity index is 1.53. The van der Waals surface area contributed by atoms with Gasteiger partial charge in [-0.1, -0.05) is 24.3 Å². The van der Waals surface area contributed by atoms with E-state index < -0.39 is 36.3 Å². The zero-order chi connectivity index (χ0) is 21.1. The van der Waals surface area contributed by atoms with Gasteiger partial charge in [0.1, 0.15) is 12.3 Å². The fraction of sp³-hybridized carbons (Fsp3) is 0.238. The normalized spacial score (nSPS) is 13.7. The molecule has 0 saturated carbocycles. The van der Waals surface area contributed by atoms with Gasteiger partial charge >= 0.3 is 0 Å². The number of imide groups is 1. The molecule has 0 fully saturated rings. The van der Waals surface area contributed by atoms with Gasteiger partial charge in [0.25, 0.3) is 23.6 Å². The van der Waals surface area contributed by atoms with Crippen molar-refractivity contribution in [1.29, 1.82) is 0 Å². The van der Waals surface area contributed by atoms with Crippen molar-refractivity contribution < 1.29 is 23.9 Å². The topological polar surface area (TPSA) is 105 Å². The molecular weight excluding hydrogens is 374 g/mol. The van der Waals surface area contributed by atoms with Gasteiger partial charge in [-0.15, -0.1) is 0 Å². The Morgan fingerprint density at radius 3 is 2.21 bits per heavy atom. The predicted octanol–water partition coefficient (Wildman–Crippen LogP) is 1.51. The number of fused-ring (bicyclic) bond motifs is 1. The highest BCUT2D eigenvalue weighted by molar-refractivity contribution is 6.22. The van der Waals surface area contributed by atoms with Crippen LogP contribution < -0.4 is 15.6 Å². The Morgan fingerprint density at radius 2 is 1.59 bits per heavy atom. The fourth-order valence-electron chi connectivity index (χ4n) is 2.89. The van der Waals surface area contributed by atoms with Crippen LogP contribution in [0.25, 0.3) is 0 Å². The van der Waals surface area contributed by atoms with E-state index in [1.54, 1.807) is 25.1 Å². The van der Waals surface area contributed by atoms with Gasteiger partial charge in [-0.25, -0.2) is 0 Å². The number of hydrogen-bond donors (Lipinski definition) is 2. The zero-order valence-corrected chi connectivity index (χ0v) is 16.3. The van der Waals surface area contributed by atoms with E-state index in [-0.39, 0.29) is 11.1 Å². The summed E-state index contributed by atoms with van der Waals surface area (Å²) in [4.78, 5) is 49.7. The molecule has 0 bridgehead atoms. The number of amides is 4. The minimum absolute atomic E-state index is 0.255. The third-order valence-electron chi connectivity index (χ3n) is 4.73. The average molecular weight is 395 g/mol. The van der Waals surface area contributed by atoms with Crippen molar-refractivity contribution in [2.45, 2.75) is 26.9 Å². The highest BCUT2D eigenvalue weighted by atomic mass is 16.5. The summed E-state index contributed by atoms with van der Waals surface area (Å²) in [5.41, 5.74) is 6.91. The Hall–Kier alpha value is -3.68. The molecule has 2 aromatic rings. The Morgan fingerprint density at radius 1 is 0.966 bits per heavy atom. The molecule has 8 nitrogen and oxygen atoms in total. The summed E-state index contributed by atoms with van der Waals surface area (Å²) in [6.45, 7) is 4.87. The van der Waals surface area contributed by atoms with Crippen LogP contribution in [0.3, 0.4) is 0 Å². The molecule has 1 aliphatic rings. The number of carbonyl (C=O) groups is 4. The number of nitrogens with zero attached hydrogens (tertiary/aromatic N) is 1. The van der Waals surface area contributed by atoms with Crippen LogP contribution in [0.5, 0.6) is 5.75 Å². The highest BCUT2D eigenvalue weighted by Crippen LogP contribution is 2.22. The number of rotatable bonds is 5. The highest BCUT2D eigenvalue weighted by Gasteiger charge is 2.36. The van der Waals surface area contributed by atoms with Crippen LogP contribution in [0.1, 0.15) is 38.8 Å². The van der Waals surface area contributed by atoms with Gasteiger partial charge < -0.3 is 4.74 Å². The molecule has 2 N–H and O–H groups in total. The van der Waals surface area contributed by atoms with Crippen LogP contribution in [0.2, 0.25) is 0 Å². The first-order valence-electron chi connectivity index (χ1n) is 9.06. The van der Waals surface area contributed by atoms with E-state index in [1.165, 1.54) is 12.1 Å². The average Bonchev–Trinajstić information content (AvgIpc) is 2.94. The van der Waals surface area contributed by atoms with Gasteiger partial charge in [-0.05, 0) is 50.1 Å². The van der Waals surface area contributed by atoms with Crippen molar-refractivity contribution in [3.63, 3.8) is 0 Å². The molecule has 0 aromatic heterocycles. The molecule has 150 valence electrons. The van der Waals surface area contributed by atoms with Gasteiger partial charge in [0.15, 0.2) is 6.10 Å². The van der Waals surface area contributed by atoms with Gasteiger partial charge in [0, 0.05) is 0 Å². The van der Waals surface area contributed by atoms with E-state index >= 15 is 0 Å². The summed E-state index contributed by atoms with van der Waals surface area (Å²) >= 11 is 0.